The predicted molar refractivity (Wildman–Crippen MR) is 74.7 cm³/mol. The number of ether oxygens (including phenoxy) is 2. The molecule has 108 valence electrons. The normalized spacial score (nSPS) is 21.4. The molecule has 0 radical (unpaired) electrons. The molecule has 1 aromatic rings. The molecule has 5 nitrogen and oxygen atoms in total. The van der Waals surface area contributed by atoms with Crippen molar-refractivity contribution in [2.75, 3.05) is 18.6 Å². The molecule has 1 fully saturated rings. The van der Waals surface area contributed by atoms with E-state index in [2.05, 4.69) is 0 Å². The molecule has 1 saturated heterocycles. The molecule has 0 bridgehead atoms. The number of anilines is 1. The molecule has 1 aliphatic rings. The summed E-state index contributed by atoms with van der Waals surface area (Å²) < 4.78 is 10.2. The van der Waals surface area contributed by atoms with Crippen molar-refractivity contribution in [3.63, 3.8) is 0 Å². The molecule has 5 heteroatoms. The fraction of sp³-hybridized carbons (Fsp3) is 0.467. The third kappa shape index (κ3) is 2.35. The van der Waals surface area contributed by atoms with Gasteiger partial charge >= 0.3 is 5.97 Å². The van der Waals surface area contributed by atoms with E-state index in [-0.39, 0.29) is 17.8 Å². The Hall–Kier alpha value is -2.04. The number of β-lactam (4-membered cyclic amide) rings is 1. The summed E-state index contributed by atoms with van der Waals surface area (Å²) in [6.45, 7) is 3.98. The van der Waals surface area contributed by atoms with Gasteiger partial charge in [0.1, 0.15) is 11.8 Å². The van der Waals surface area contributed by atoms with E-state index >= 15 is 0 Å². The summed E-state index contributed by atoms with van der Waals surface area (Å²) in [5, 5.41) is 0. The zero-order chi connectivity index (χ0) is 14.7. The number of nitrogens with zero attached hydrogens (tertiary/aromatic N) is 1. The maximum Gasteiger partial charge on any atom is 0.330 e. The second kappa shape index (κ2) is 5.94. The van der Waals surface area contributed by atoms with Crippen LogP contribution in [0.1, 0.15) is 20.3 Å². The maximum atomic E-state index is 12.2. The van der Waals surface area contributed by atoms with Gasteiger partial charge in [-0.25, -0.2) is 4.79 Å². The zero-order valence-electron chi connectivity index (χ0n) is 12.0. The van der Waals surface area contributed by atoms with Gasteiger partial charge in [0.2, 0.25) is 5.91 Å². The molecule has 0 spiro atoms. The maximum absolute atomic E-state index is 12.2. The second-order valence-corrected chi connectivity index (χ2v) is 4.62. The van der Waals surface area contributed by atoms with E-state index in [0.29, 0.717) is 24.5 Å². The lowest BCUT2D eigenvalue weighted by atomic mass is 9.84. The smallest absolute Gasteiger partial charge is 0.330 e. The number of rotatable bonds is 5. The van der Waals surface area contributed by atoms with Gasteiger partial charge in [0.05, 0.1) is 19.6 Å². The van der Waals surface area contributed by atoms with Crippen molar-refractivity contribution < 1.29 is 19.1 Å². The van der Waals surface area contributed by atoms with Crippen molar-refractivity contribution in [2.24, 2.45) is 5.92 Å². The highest BCUT2D eigenvalue weighted by Crippen LogP contribution is 2.35. The van der Waals surface area contributed by atoms with E-state index < -0.39 is 6.04 Å². The SMILES string of the molecule is CCOC(=O)[C@@H]1[C@H](CC)C(=O)N1c1ccc(OC)cc1. The third-order valence-electron chi connectivity index (χ3n) is 3.53. The predicted octanol–water partition coefficient (Wildman–Crippen LogP) is 2.00. The van der Waals surface area contributed by atoms with Crippen LogP contribution in [0, 0.1) is 5.92 Å². The van der Waals surface area contributed by atoms with Gasteiger partial charge in [0, 0.05) is 5.69 Å². The van der Waals surface area contributed by atoms with Crippen molar-refractivity contribution >= 4 is 17.6 Å². The van der Waals surface area contributed by atoms with Crippen LogP contribution >= 0.6 is 0 Å². The van der Waals surface area contributed by atoms with Crippen LogP contribution in [0.3, 0.4) is 0 Å². The van der Waals surface area contributed by atoms with E-state index in [4.69, 9.17) is 9.47 Å². The molecular formula is C15H19NO4. The first-order chi connectivity index (χ1) is 9.63. The molecule has 0 N–H and O–H groups in total. The molecule has 0 saturated carbocycles. The monoisotopic (exact) mass is 277 g/mol. The van der Waals surface area contributed by atoms with Gasteiger partial charge in [0.15, 0.2) is 0 Å². The van der Waals surface area contributed by atoms with E-state index in [1.165, 1.54) is 4.90 Å². The minimum atomic E-state index is -0.513. The molecule has 2 atom stereocenters. The summed E-state index contributed by atoms with van der Waals surface area (Å²) in [7, 11) is 1.58. The van der Waals surface area contributed by atoms with Crippen molar-refractivity contribution in [1.82, 2.24) is 0 Å². The van der Waals surface area contributed by atoms with Gasteiger partial charge in [-0.15, -0.1) is 0 Å². The van der Waals surface area contributed by atoms with Crippen LogP contribution in [0.15, 0.2) is 24.3 Å². The van der Waals surface area contributed by atoms with Gasteiger partial charge < -0.3 is 9.47 Å². The van der Waals surface area contributed by atoms with Crippen molar-refractivity contribution in [3.05, 3.63) is 24.3 Å². The number of carbonyl (C=O) groups is 2. The number of esters is 1. The average molecular weight is 277 g/mol. The molecule has 0 aliphatic carbocycles. The number of hydrogen-bond donors (Lipinski definition) is 0. The summed E-state index contributed by atoms with van der Waals surface area (Å²) in [4.78, 5) is 25.7. The van der Waals surface area contributed by atoms with E-state index in [1.54, 1.807) is 38.3 Å². The standard InChI is InChI=1S/C15H19NO4/c1-4-12-13(15(18)20-5-2)16(14(12)17)10-6-8-11(19-3)9-7-10/h6-9,12-13H,4-5H2,1-3H3/t12-,13-/m0/s1. The lowest BCUT2D eigenvalue weighted by Gasteiger charge is -2.45. The number of methoxy groups -OCH3 is 1. The van der Waals surface area contributed by atoms with Crippen LogP contribution in [-0.4, -0.2) is 31.6 Å². The zero-order valence-corrected chi connectivity index (χ0v) is 12.0. The van der Waals surface area contributed by atoms with Crippen LogP contribution in [0.2, 0.25) is 0 Å². The Bertz CT molecular complexity index is 497. The van der Waals surface area contributed by atoms with E-state index in [1.807, 2.05) is 6.92 Å². The first-order valence-corrected chi connectivity index (χ1v) is 6.77. The summed E-state index contributed by atoms with van der Waals surface area (Å²) in [5.74, 6) is 0.0584. The summed E-state index contributed by atoms with van der Waals surface area (Å²) in [6.07, 6.45) is 0.634. The van der Waals surface area contributed by atoms with Crippen LogP contribution in [-0.2, 0) is 14.3 Å². The Morgan fingerprint density at radius 1 is 1.25 bits per heavy atom. The quantitative estimate of drug-likeness (QED) is 0.610. The van der Waals surface area contributed by atoms with Crippen molar-refractivity contribution in [3.8, 4) is 5.75 Å². The number of amides is 1. The highest BCUT2D eigenvalue weighted by molar-refractivity contribution is 6.10. The molecular weight excluding hydrogens is 258 g/mol. The van der Waals surface area contributed by atoms with Crippen LogP contribution in [0.25, 0.3) is 0 Å². The molecule has 1 aliphatic heterocycles. The Balaban J connectivity index is 2.23. The molecule has 0 unspecified atom stereocenters. The lowest BCUT2D eigenvalue weighted by molar-refractivity contribution is -0.154. The Morgan fingerprint density at radius 2 is 1.90 bits per heavy atom. The van der Waals surface area contributed by atoms with Gasteiger partial charge in [-0.2, -0.15) is 0 Å². The molecule has 0 aromatic heterocycles. The summed E-state index contributed by atoms with van der Waals surface area (Å²) in [6, 6.07) is 6.57. The molecule has 2 rings (SSSR count). The largest absolute Gasteiger partial charge is 0.497 e. The van der Waals surface area contributed by atoms with Crippen LogP contribution in [0.5, 0.6) is 5.75 Å². The minimum absolute atomic E-state index is 0.0317. The first kappa shape index (κ1) is 14.4. The van der Waals surface area contributed by atoms with Gasteiger partial charge in [-0.05, 0) is 37.6 Å². The summed E-state index contributed by atoms with van der Waals surface area (Å²) >= 11 is 0. The number of hydrogen-bond acceptors (Lipinski definition) is 4. The molecule has 20 heavy (non-hydrogen) atoms. The van der Waals surface area contributed by atoms with E-state index in [0.717, 1.165) is 0 Å². The lowest BCUT2D eigenvalue weighted by Crippen LogP contribution is -2.65. The highest BCUT2D eigenvalue weighted by Gasteiger charge is 2.51. The fourth-order valence-electron chi connectivity index (χ4n) is 2.47. The Kier molecular flexibility index (Phi) is 4.27. The fourth-order valence-corrected chi connectivity index (χ4v) is 2.47. The topological polar surface area (TPSA) is 55.8 Å². The second-order valence-electron chi connectivity index (χ2n) is 4.62. The van der Waals surface area contributed by atoms with E-state index in [9.17, 15) is 9.59 Å². The van der Waals surface area contributed by atoms with Gasteiger partial charge in [0.25, 0.3) is 0 Å². The number of carbonyl (C=O) groups excluding carboxylic acids is 2. The van der Waals surface area contributed by atoms with Gasteiger partial charge in [-0.3, -0.25) is 9.69 Å². The molecule has 1 heterocycles. The average Bonchev–Trinajstić information content (AvgIpc) is 2.46. The first-order valence-electron chi connectivity index (χ1n) is 6.77. The van der Waals surface area contributed by atoms with Gasteiger partial charge in [-0.1, -0.05) is 6.92 Å². The van der Waals surface area contributed by atoms with Crippen LogP contribution < -0.4 is 9.64 Å². The van der Waals surface area contributed by atoms with Crippen molar-refractivity contribution in [1.29, 1.82) is 0 Å². The summed E-state index contributed by atoms with van der Waals surface area (Å²) in [5.41, 5.74) is 0.693. The molecule has 1 amide bonds. The number of benzene rings is 1. The molecule has 1 aromatic carbocycles. The highest BCUT2D eigenvalue weighted by atomic mass is 16.5. The van der Waals surface area contributed by atoms with Crippen molar-refractivity contribution in [2.45, 2.75) is 26.3 Å². The minimum Gasteiger partial charge on any atom is -0.497 e. The van der Waals surface area contributed by atoms with Crippen LogP contribution in [0.4, 0.5) is 5.69 Å². The Labute approximate surface area is 118 Å². The third-order valence-corrected chi connectivity index (χ3v) is 3.53. The Morgan fingerprint density at radius 3 is 2.40 bits per heavy atom.